The Morgan fingerprint density at radius 1 is 0.537 bits per heavy atom. The predicted octanol–water partition coefficient (Wildman–Crippen LogP) is 5.46. The number of carbonyl (C=O) groups is 3. The summed E-state index contributed by atoms with van der Waals surface area (Å²) in [6.07, 6.45) is 3.14. The zero-order valence-corrected chi connectivity index (χ0v) is 25.6. The molecule has 232 valence electrons. The van der Waals surface area contributed by atoms with Crippen molar-refractivity contribution < 1.29 is 42.8 Å². The molecular weight excluding hydrogens is 528 g/mol. The number of carbonyl (C=O) groups excluding carboxylic acids is 3. The average molecular weight is 579 g/mol. The van der Waals surface area contributed by atoms with Crippen molar-refractivity contribution in [3.05, 3.63) is 60.9 Å². The van der Waals surface area contributed by atoms with Crippen LogP contribution >= 0.6 is 0 Å². The standard InChI is InChI=1S/C32H50O9/c1-24(2)28(9)39-16-11-10-14-32(21-36-15-12-13-29(33)25(3)4,22-37-17-19-40-30(34)26(5)6)23-38-18-20-41-31(35)27(7)8/h1,3,5,7,9-23H2,2,4,6,8H3. The van der Waals surface area contributed by atoms with Crippen molar-refractivity contribution in [2.24, 2.45) is 5.41 Å². The van der Waals surface area contributed by atoms with Gasteiger partial charge in [-0.25, -0.2) is 9.59 Å². The minimum absolute atomic E-state index is 0.0106. The van der Waals surface area contributed by atoms with Crippen LogP contribution in [0, 0.1) is 5.41 Å². The maximum atomic E-state index is 11.9. The molecule has 0 unspecified atom stereocenters. The number of Topliss-reactive ketones (excluding diaryl/α,β-unsaturated/α-hetero) is 1. The summed E-state index contributed by atoms with van der Waals surface area (Å²) in [6, 6.07) is 0. The summed E-state index contributed by atoms with van der Waals surface area (Å²) in [5.41, 5.74) is 1.38. The molecule has 0 saturated carbocycles. The molecule has 0 aromatic carbocycles. The first-order valence-corrected chi connectivity index (χ1v) is 13.9. The van der Waals surface area contributed by atoms with Gasteiger partial charge in [0.05, 0.1) is 39.6 Å². The predicted molar refractivity (Wildman–Crippen MR) is 159 cm³/mol. The van der Waals surface area contributed by atoms with Crippen molar-refractivity contribution in [3.63, 3.8) is 0 Å². The highest BCUT2D eigenvalue weighted by atomic mass is 16.6. The molecule has 0 N–H and O–H groups in total. The van der Waals surface area contributed by atoms with E-state index in [1.54, 1.807) is 20.8 Å². The smallest absolute Gasteiger partial charge is 0.333 e. The highest BCUT2D eigenvalue weighted by Gasteiger charge is 2.31. The van der Waals surface area contributed by atoms with E-state index in [4.69, 9.17) is 28.4 Å². The monoisotopic (exact) mass is 578 g/mol. The summed E-state index contributed by atoms with van der Waals surface area (Å²) in [7, 11) is 0. The van der Waals surface area contributed by atoms with Crippen molar-refractivity contribution in [2.75, 3.05) is 59.5 Å². The Balaban J connectivity index is 5.28. The minimum atomic E-state index is -0.555. The molecule has 0 aliphatic carbocycles. The normalized spacial score (nSPS) is 10.9. The first-order chi connectivity index (χ1) is 19.3. The van der Waals surface area contributed by atoms with Gasteiger partial charge in [0, 0.05) is 29.6 Å². The van der Waals surface area contributed by atoms with Crippen LogP contribution in [0.5, 0.6) is 0 Å². The van der Waals surface area contributed by atoms with E-state index in [0.717, 1.165) is 18.4 Å². The van der Waals surface area contributed by atoms with Crippen LogP contribution in [0.4, 0.5) is 0 Å². The highest BCUT2D eigenvalue weighted by molar-refractivity contribution is 5.94. The molecule has 0 bridgehead atoms. The third-order valence-electron chi connectivity index (χ3n) is 5.87. The molecule has 0 fully saturated rings. The van der Waals surface area contributed by atoms with Gasteiger partial charge in [0.25, 0.3) is 0 Å². The van der Waals surface area contributed by atoms with E-state index in [-0.39, 0.29) is 45.4 Å². The zero-order valence-electron chi connectivity index (χ0n) is 25.6. The van der Waals surface area contributed by atoms with Crippen LogP contribution in [0.3, 0.4) is 0 Å². The number of ether oxygens (including phenoxy) is 6. The van der Waals surface area contributed by atoms with E-state index in [9.17, 15) is 14.4 Å². The van der Waals surface area contributed by atoms with E-state index < -0.39 is 17.4 Å². The third-order valence-corrected chi connectivity index (χ3v) is 5.87. The van der Waals surface area contributed by atoms with Gasteiger partial charge in [-0.05, 0) is 64.5 Å². The van der Waals surface area contributed by atoms with E-state index in [1.165, 1.54) is 0 Å². The molecule has 0 saturated heterocycles. The van der Waals surface area contributed by atoms with Crippen molar-refractivity contribution in [1.82, 2.24) is 0 Å². The Kier molecular flexibility index (Phi) is 20.1. The quantitative estimate of drug-likeness (QED) is 0.0435. The summed E-state index contributed by atoms with van der Waals surface area (Å²) in [6.45, 7) is 27.5. The Labute approximate surface area is 246 Å². The average Bonchev–Trinajstić information content (AvgIpc) is 2.91. The van der Waals surface area contributed by atoms with Gasteiger partial charge in [-0.1, -0.05) is 32.9 Å². The van der Waals surface area contributed by atoms with Crippen molar-refractivity contribution in [2.45, 2.75) is 59.8 Å². The third kappa shape index (κ3) is 18.9. The molecule has 0 spiro atoms. The number of hydrogen-bond acceptors (Lipinski definition) is 9. The van der Waals surface area contributed by atoms with E-state index in [0.29, 0.717) is 61.6 Å². The lowest BCUT2D eigenvalue weighted by atomic mass is 9.85. The molecule has 9 nitrogen and oxygen atoms in total. The lowest BCUT2D eigenvalue weighted by Crippen LogP contribution is -2.38. The van der Waals surface area contributed by atoms with Gasteiger partial charge >= 0.3 is 11.9 Å². The molecule has 0 aromatic heterocycles. The van der Waals surface area contributed by atoms with Crippen LogP contribution in [0.2, 0.25) is 0 Å². The topological polar surface area (TPSA) is 107 Å². The maximum Gasteiger partial charge on any atom is 0.333 e. The molecule has 41 heavy (non-hydrogen) atoms. The zero-order chi connectivity index (χ0) is 31.3. The minimum Gasteiger partial charge on any atom is -0.494 e. The molecule has 0 atom stereocenters. The number of ketones is 1. The van der Waals surface area contributed by atoms with Crippen LogP contribution < -0.4 is 0 Å². The fraction of sp³-hybridized carbons (Fsp3) is 0.594. The van der Waals surface area contributed by atoms with Gasteiger partial charge < -0.3 is 28.4 Å². The Morgan fingerprint density at radius 3 is 1.46 bits per heavy atom. The van der Waals surface area contributed by atoms with Crippen LogP contribution in [0.25, 0.3) is 0 Å². The van der Waals surface area contributed by atoms with Crippen LogP contribution in [-0.4, -0.2) is 77.2 Å². The second-order valence-electron chi connectivity index (χ2n) is 10.3. The Morgan fingerprint density at radius 2 is 1.02 bits per heavy atom. The number of unbranched alkanes of at least 4 members (excludes halogenated alkanes) is 1. The van der Waals surface area contributed by atoms with Gasteiger partial charge in [-0.2, -0.15) is 0 Å². The van der Waals surface area contributed by atoms with Crippen molar-refractivity contribution in [3.8, 4) is 0 Å². The van der Waals surface area contributed by atoms with Gasteiger partial charge in [0.1, 0.15) is 19.0 Å². The lowest BCUT2D eigenvalue weighted by molar-refractivity contribution is -0.142. The largest absolute Gasteiger partial charge is 0.494 e. The molecule has 0 aromatic rings. The maximum absolute atomic E-state index is 11.9. The Hall–Kier alpha value is -3.01. The fourth-order valence-corrected chi connectivity index (χ4v) is 3.31. The van der Waals surface area contributed by atoms with E-state index >= 15 is 0 Å². The molecule has 0 aliphatic rings. The number of esters is 2. The van der Waals surface area contributed by atoms with Gasteiger partial charge in [-0.15, -0.1) is 0 Å². The summed E-state index contributed by atoms with van der Waals surface area (Å²) >= 11 is 0. The second-order valence-corrected chi connectivity index (χ2v) is 10.3. The van der Waals surface area contributed by atoms with Crippen molar-refractivity contribution >= 4 is 17.7 Å². The number of rotatable bonds is 26. The summed E-state index contributed by atoms with van der Waals surface area (Å²) < 4.78 is 33.8. The molecule has 0 amide bonds. The summed E-state index contributed by atoms with van der Waals surface area (Å²) in [4.78, 5) is 35.2. The first-order valence-electron chi connectivity index (χ1n) is 13.9. The fourth-order valence-electron chi connectivity index (χ4n) is 3.31. The molecular formula is C32H50O9. The van der Waals surface area contributed by atoms with Gasteiger partial charge in [0.15, 0.2) is 5.78 Å². The Bertz CT molecular complexity index is 767. The van der Waals surface area contributed by atoms with Crippen LogP contribution in [0.15, 0.2) is 60.9 Å². The highest BCUT2D eigenvalue weighted by Crippen LogP contribution is 2.28. The summed E-state index contributed by atoms with van der Waals surface area (Å²) in [5, 5.41) is 0. The molecule has 0 radical (unpaired) electrons. The second kappa shape index (κ2) is 21.7. The first kappa shape index (κ1) is 38.0. The van der Waals surface area contributed by atoms with E-state index in [1.807, 2.05) is 6.92 Å². The number of hydrogen-bond donors (Lipinski definition) is 0. The van der Waals surface area contributed by atoms with Gasteiger partial charge in [0.2, 0.25) is 0 Å². The van der Waals surface area contributed by atoms with Crippen molar-refractivity contribution in [1.29, 1.82) is 0 Å². The lowest BCUT2D eigenvalue weighted by Gasteiger charge is -2.33. The van der Waals surface area contributed by atoms with Crippen LogP contribution in [0.1, 0.15) is 59.8 Å². The molecule has 9 heteroatoms. The number of allylic oxidation sites excluding steroid dienone is 2. The molecule has 0 rings (SSSR count). The molecule has 0 heterocycles. The van der Waals surface area contributed by atoms with Crippen LogP contribution in [-0.2, 0) is 42.8 Å². The molecule has 0 aliphatic heterocycles. The van der Waals surface area contributed by atoms with Gasteiger partial charge in [-0.3, -0.25) is 4.79 Å². The SMILES string of the molecule is C=C(C)C(=C)OCCCCC(COCCCC(=O)C(=C)C)(COCCOC(=O)C(=C)C)COCCOC(=O)C(=C)C. The van der Waals surface area contributed by atoms with E-state index in [2.05, 4.69) is 32.9 Å². The summed E-state index contributed by atoms with van der Waals surface area (Å²) in [5.74, 6) is -0.381.